The second-order valence-electron chi connectivity index (χ2n) is 14.5. The number of aromatic amines is 1. The van der Waals surface area contributed by atoms with E-state index in [9.17, 15) is 14.4 Å². The van der Waals surface area contributed by atoms with Crippen LogP contribution in [-0.2, 0) is 14.4 Å². The van der Waals surface area contributed by atoms with Crippen molar-refractivity contribution in [2.45, 2.75) is 101 Å². The summed E-state index contributed by atoms with van der Waals surface area (Å²) >= 11 is 0. The molecule has 1 saturated carbocycles. The predicted molar refractivity (Wildman–Crippen MR) is 195 cm³/mol. The van der Waals surface area contributed by atoms with Crippen molar-refractivity contribution in [3.8, 4) is 11.3 Å². The Morgan fingerprint density at radius 3 is 2.04 bits per heavy atom. The minimum atomic E-state index is -0.385. The summed E-state index contributed by atoms with van der Waals surface area (Å²) in [4.78, 5) is 52.5. The number of aromatic nitrogens is 2. The third kappa shape index (κ3) is 7.11. The fourth-order valence-corrected chi connectivity index (χ4v) is 8.37. The van der Waals surface area contributed by atoms with Crippen LogP contribution in [0.15, 0.2) is 91.1 Å². The van der Waals surface area contributed by atoms with Crippen LogP contribution in [-0.4, -0.2) is 62.7 Å². The van der Waals surface area contributed by atoms with Crippen LogP contribution in [0.1, 0.15) is 112 Å². The van der Waals surface area contributed by atoms with Gasteiger partial charge in [-0.25, -0.2) is 4.98 Å². The van der Waals surface area contributed by atoms with E-state index in [4.69, 9.17) is 4.98 Å². The number of amides is 3. The molecule has 50 heavy (non-hydrogen) atoms. The van der Waals surface area contributed by atoms with Crippen molar-refractivity contribution < 1.29 is 14.4 Å². The molecule has 7 rings (SSSR count). The molecule has 8 heteroatoms. The summed E-state index contributed by atoms with van der Waals surface area (Å²) in [5.74, 6) is 0.995. The Kier molecular flexibility index (Phi) is 10.2. The summed E-state index contributed by atoms with van der Waals surface area (Å²) in [6, 6.07) is 28.2. The van der Waals surface area contributed by atoms with E-state index in [0.29, 0.717) is 12.5 Å². The van der Waals surface area contributed by atoms with Gasteiger partial charge in [-0.1, -0.05) is 78.9 Å². The molecule has 0 unspecified atom stereocenters. The molecule has 0 radical (unpaired) electrons. The SMILES string of the molecule is C[C@@H](C(=O)N1CCC[C@H]1C(=O)NC1CCC(c2cccc(-c3cnc([C@@H]4CCCN4C(=O)[C@H](C)c4ccccc4)[nH]3)c2)CC1)c1ccccc1. The van der Waals surface area contributed by atoms with Gasteiger partial charge >= 0.3 is 0 Å². The number of carbonyl (C=O) groups excluding carboxylic acids is 3. The normalized spacial score (nSPS) is 23.4. The molecule has 4 atom stereocenters. The van der Waals surface area contributed by atoms with Crippen LogP contribution >= 0.6 is 0 Å². The molecular formula is C42H49N5O3. The van der Waals surface area contributed by atoms with Crippen molar-refractivity contribution in [3.63, 3.8) is 0 Å². The Morgan fingerprint density at radius 2 is 1.36 bits per heavy atom. The number of hydrogen-bond acceptors (Lipinski definition) is 4. The highest BCUT2D eigenvalue weighted by Crippen LogP contribution is 2.37. The minimum absolute atomic E-state index is 0.00587. The van der Waals surface area contributed by atoms with Crippen molar-refractivity contribution in [3.05, 3.63) is 114 Å². The fraction of sp³-hybridized carbons (Fsp3) is 0.429. The van der Waals surface area contributed by atoms with E-state index in [2.05, 4.69) is 34.6 Å². The first-order valence-corrected chi connectivity index (χ1v) is 18.5. The molecular weight excluding hydrogens is 622 g/mol. The van der Waals surface area contributed by atoms with E-state index in [-0.39, 0.29) is 47.7 Å². The Morgan fingerprint density at radius 1 is 0.740 bits per heavy atom. The quantitative estimate of drug-likeness (QED) is 0.193. The number of hydrogen-bond donors (Lipinski definition) is 2. The second kappa shape index (κ2) is 15.0. The van der Waals surface area contributed by atoms with Crippen molar-refractivity contribution in [2.24, 2.45) is 0 Å². The van der Waals surface area contributed by atoms with Crippen LogP contribution < -0.4 is 5.32 Å². The lowest BCUT2D eigenvalue weighted by Crippen LogP contribution is -2.50. The molecule has 1 aliphatic carbocycles. The molecule has 4 aromatic rings. The van der Waals surface area contributed by atoms with Crippen LogP contribution in [0.25, 0.3) is 11.3 Å². The number of H-pyrrole nitrogens is 1. The van der Waals surface area contributed by atoms with Crippen molar-refractivity contribution in [2.75, 3.05) is 13.1 Å². The van der Waals surface area contributed by atoms with Gasteiger partial charge in [-0.3, -0.25) is 14.4 Å². The van der Waals surface area contributed by atoms with E-state index in [1.165, 1.54) is 5.56 Å². The van der Waals surface area contributed by atoms with Crippen molar-refractivity contribution in [1.82, 2.24) is 25.1 Å². The van der Waals surface area contributed by atoms with E-state index in [1.54, 1.807) is 4.90 Å². The number of carbonyl (C=O) groups is 3. The Bertz CT molecular complexity index is 1780. The van der Waals surface area contributed by atoms with Gasteiger partial charge in [-0.15, -0.1) is 0 Å². The summed E-state index contributed by atoms with van der Waals surface area (Å²) in [7, 11) is 0. The van der Waals surface area contributed by atoms with Crippen LogP contribution in [0.2, 0.25) is 0 Å². The molecule has 3 aliphatic rings. The van der Waals surface area contributed by atoms with Gasteiger partial charge in [0.15, 0.2) is 0 Å². The Balaban J connectivity index is 0.943. The largest absolute Gasteiger partial charge is 0.352 e. The molecule has 2 aliphatic heterocycles. The molecule has 8 nitrogen and oxygen atoms in total. The lowest BCUT2D eigenvalue weighted by Gasteiger charge is -2.32. The first kappa shape index (κ1) is 33.8. The predicted octanol–water partition coefficient (Wildman–Crippen LogP) is 7.48. The number of likely N-dealkylation sites (tertiary alicyclic amines) is 2. The highest BCUT2D eigenvalue weighted by atomic mass is 16.2. The molecule has 3 heterocycles. The van der Waals surface area contributed by atoms with Crippen LogP contribution in [0.5, 0.6) is 0 Å². The number of rotatable bonds is 9. The number of benzene rings is 3. The van der Waals surface area contributed by atoms with E-state index < -0.39 is 0 Å². The Labute approximate surface area is 295 Å². The maximum absolute atomic E-state index is 13.5. The fourth-order valence-electron chi connectivity index (χ4n) is 8.37. The number of nitrogens with zero attached hydrogens (tertiary/aromatic N) is 3. The van der Waals surface area contributed by atoms with Crippen LogP contribution in [0.3, 0.4) is 0 Å². The second-order valence-corrected chi connectivity index (χ2v) is 14.5. The van der Waals surface area contributed by atoms with E-state index in [0.717, 1.165) is 86.1 Å². The minimum Gasteiger partial charge on any atom is -0.352 e. The lowest BCUT2D eigenvalue weighted by molar-refractivity contribution is -0.139. The van der Waals surface area contributed by atoms with Gasteiger partial charge in [0.2, 0.25) is 17.7 Å². The van der Waals surface area contributed by atoms with Crippen molar-refractivity contribution >= 4 is 17.7 Å². The summed E-state index contributed by atoms with van der Waals surface area (Å²) in [5.41, 5.74) is 5.40. The van der Waals surface area contributed by atoms with Gasteiger partial charge in [0, 0.05) is 19.1 Å². The highest BCUT2D eigenvalue weighted by Gasteiger charge is 2.38. The topological polar surface area (TPSA) is 98.4 Å². The van der Waals surface area contributed by atoms with E-state index in [1.807, 2.05) is 85.6 Å². The average Bonchev–Trinajstić information content (AvgIpc) is 3.96. The van der Waals surface area contributed by atoms with Gasteiger partial charge < -0.3 is 20.1 Å². The highest BCUT2D eigenvalue weighted by molar-refractivity contribution is 5.91. The molecule has 0 bridgehead atoms. The molecule has 3 aromatic carbocycles. The standard InChI is InChI=1S/C42H49N5O3/c1-28(30-12-5-3-6-13-30)41(49)46-24-10-18-37(46)39-43-27-36(45-39)34-17-9-16-33(26-34)32-20-22-35(23-21-32)44-40(48)38-19-11-25-47(38)42(50)29(2)31-14-7-4-8-15-31/h3-9,12-17,26-29,32,35,37-38H,10-11,18-25H2,1-2H3,(H,43,45)(H,44,48)/t28-,29-,32?,35?,37+,38+/m1/s1. The number of nitrogens with one attached hydrogen (secondary N) is 2. The zero-order valence-corrected chi connectivity index (χ0v) is 29.3. The van der Waals surface area contributed by atoms with Crippen LogP contribution in [0.4, 0.5) is 0 Å². The van der Waals surface area contributed by atoms with Gasteiger partial charge in [0.05, 0.1) is 29.8 Å². The third-order valence-corrected chi connectivity index (χ3v) is 11.4. The van der Waals surface area contributed by atoms with Gasteiger partial charge in [-0.05, 0) is 99.5 Å². The van der Waals surface area contributed by atoms with Gasteiger partial charge in [-0.2, -0.15) is 0 Å². The molecule has 260 valence electrons. The molecule has 3 fully saturated rings. The molecule has 1 aromatic heterocycles. The molecule has 0 spiro atoms. The Hall–Kier alpha value is -4.72. The summed E-state index contributed by atoms with van der Waals surface area (Å²) < 4.78 is 0. The first-order chi connectivity index (χ1) is 24.4. The summed E-state index contributed by atoms with van der Waals surface area (Å²) in [6.45, 7) is 5.32. The third-order valence-electron chi connectivity index (χ3n) is 11.4. The zero-order valence-electron chi connectivity index (χ0n) is 29.3. The smallest absolute Gasteiger partial charge is 0.243 e. The molecule has 3 amide bonds. The van der Waals surface area contributed by atoms with Crippen LogP contribution in [0, 0.1) is 0 Å². The van der Waals surface area contributed by atoms with Crippen molar-refractivity contribution in [1.29, 1.82) is 0 Å². The zero-order chi connectivity index (χ0) is 34.6. The molecule has 2 N–H and O–H groups in total. The summed E-state index contributed by atoms with van der Waals surface area (Å²) in [5, 5.41) is 3.32. The van der Waals surface area contributed by atoms with Gasteiger partial charge in [0.1, 0.15) is 11.9 Å². The maximum atomic E-state index is 13.5. The summed E-state index contributed by atoms with van der Waals surface area (Å²) in [6.07, 6.45) is 9.19. The maximum Gasteiger partial charge on any atom is 0.243 e. The number of imidazole rings is 1. The molecule has 2 saturated heterocycles. The lowest BCUT2D eigenvalue weighted by atomic mass is 9.81. The monoisotopic (exact) mass is 671 g/mol. The van der Waals surface area contributed by atoms with Gasteiger partial charge in [0.25, 0.3) is 0 Å². The first-order valence-electron chi connectivity index (χ1n) is 18.5. The average molecular weight is 672 g/mol. The van der Waals surface area contributed by atoms with E-state index >= 15 is 0 Å².